The standard InChI is InChI=1S/C13H21NO3/c1-4-5-6-7-8-12(14-10-15)9-17-13(16)11(2)3/h12H,2,4-9H2,1,3H3. The van der Waals surface area contributed by atoms with Crippen molar-refractivity contribution in [3.8, 4) is 0 Å². The third-order valence-corrected chi connectivity index (χ3v) is 2.38. The van der Waals surface area contributed by atoms with E-state index < -0.39 is 5.97 Å². The zero-order valence-electron chi connectivity index (χ0n) is 10.7. The van der Waals surface area contributed by atoms with Crippen molar-refractivity contribution >= 4 is 12.0 Å². The molecule has 0 aliphatic carbocycles. The lowest BCUT2D eigenvalue weighted by Gasteiger charge is -2.11. The molecule has 1 unspecified atom stereocenters. The zero-order chi connectivity index (χ0) is 13.1. The molecular weight excluding hydrogens is 218 g/mol. The van der Waals surface area contributed by atoms with Crippen molar-refractivity contribution in [1.82, 2.24) is 0 Å². The van der Waals surface area contributed by atoms with Gasteiger partial charge >= 0.3 is 5.97 Å². The quantitative estimate of drug-likeness (QED) is 0.204. The Morgan fingerprint density at radius 2 is 2.12 bits per heavy atom. The molecule has 0 aromatic carbocycles. The molecule has 0 aromatic rings. The van der Waals surface area contributed by atoms with E-state index in [0.717, 1.165) is 25.7 Å². The summed E-state index contributed by atoms with van der Waals surface area (Å²) >= 11 is 0. The summed E-state index contributed by atoms with van der Waals surface area (Å²) in [5.74, 6) is -0.440. The maximum atomic E-state index is 11.2. The van der Waals surface area contributed by atoms with Gasteiger partial charge in [0.1, 0.15) is 6.61 Å². The Kier molecular flexibility index (Phi) is 8.98. The number of esters is 1. The van der Waals surface area contributed by atoms with Gasteiger partial charge in [-0.3, -0.25) is 0 Å². The van der Waals surface area contributed by atoms with Crippen LogP contribution in [0.25, 0.3) is 0 Å². The molecule has 0 heterocycles. The highest BCUT2D eigenvalue weighted by atomic mass is 16.5. The topological polar surface area (TPSA) is 55.7 Å². The van der Waals surface area contributed by atoms with Crippen LogP contribution in [-0.2, 0) is 14.3 Å². The molecule has 0 N–H and O–H groups in total. The van der Waals surface area contributed by atoms with Gasteiger partial charge in [-0.05, 0) is 13.3 Å². The number of hydrogen-bond acceptors (Lipinski definition) is 4. The number of carbonyl (C=O) groups is 1. The Morgan fingerprint density at radius 3 is 2.65 bits per heavy atom. The van der Waals surface area contributed by atoms with Crippen LogP contribution in [0.4, 0.5) is 0 Å². The first-order valence-corrected chi connectivity index (χ1v) is 6.01. The number of unbranched alkanes of at least 4 members (excludes halogenated alkanes) is 3. The van der Waals surface area contributed by atoms with Gasteiger partial charge in [0.15, 0.2) is 0 Å². The van der Waals surface area contributed by atoms with Crippen molar-refractivity contribution in [2.45, 2.75) is 52.0 Å². The molecule has 0 spiro atoms. The molecule has 0 saturated carbocycles. The van der Waals surface area contributed by atoms with Gasteiger partial charge in [0.25, 0.3) is 0 Å². The molecular formula is C13H21NO3. The molecule has 0 fully saturated rings. The normalized spacial score (nSPS) is 11.4. The fourth-order valence-electron chi connectivity index (χ4n) is 1.36. The van der Waals surface area contributed by atoms with E-state index in [9.17, 15) is 9.59 Å². The minimum absolute atomic E-state index is 0.132. The van der Waals surface area contributed by atoms with Crippen LogP contribution in [0, 0.1) is 0 Å². The van der Waals surface area contributed by atoms with E-state index in [-0.39, 0.29) is 12.6 Å². The van der Waals surface area contributed by atoms with Crippen molar-refractivity contribution in [2.75, 3.05) is 6.61 Å². The highest BCUT2D eigenvalue weighted by Gasteiger charge is 2.11. The number of hydrogen-bond donors (Lipinski definition) is 0. The van der Waals surface area contributed by atoms with E-state index in [2.05, 4.69) is 18.5 Å². The average molecular weight is 239 g/mol. The second-order valence-electron chi connectivity index (χ2n) is 4.10. The van der Waals surface area contributed by atoms with Gasteiger partial charge in [-0.25, -0.2) is 9.59 Å². The van der Waals surface area contributed by atoms with Crippen LogP contribution >= 0.6 is 0 Å². The molecule has 17 heavy (non-hydrogen) atoms. The third kappa shape index (κ3) is 8.40. The van der Waals surface area contributed by atoms with Crippen LogP contribution in [0.5, 0.6) is 0 Å². The lowest BCUT2D eigenvalue weighted by Crippen LogP contribution is -2.17. The van der Waals surface area contributed by atoms with Crippen LogP contribution in [0.15, 0.2) is 17.1 Å². The van der Waals surface area contributed by atoms with Crippen LogP contribution < -0.4 is 0 Å². The van der Waals surface area contributed by atoms with Gasteiger partial charge in [-0.15, -0.1) is 0 Å². The molecule has 0 aliphatic heterocycles. The van der Waals surface area contributed by atoms with E-state index in [4.69, 9.17) is 4.74 Å². The summed E-state index contributed by atoms with van der Waals surface area (Å²) in [7, 11) is 0. The van der Waals surface area contributed by atoms with Crippen molar-refractivity contribution in [2.24, 2.45) is 4.99 Å². The number of aliphatic imine (C=N–C) groups is 1. The second kappa shape index (κ2) is 9.79. The molecule has 4 heteroatoms. The number of carbonyl (C=O) groups excluding carboxylic acids is 2. The van der Waals surface area contributed by atoms with Crippen molar-refractivity contribution in [3.63, 3.8) is 0 Å². The van der Waals surface area contributed by atoms with E-state index in [1.54, 1.807) is 6.92 Å². The maximum Gasteiger partial charge on any atom is 0.333 e. The molecule has 0 bridgehead atoms. The van der Waals surface area contributed by atoms with Gasteiger partial charge in [0.05, 0.1) is 6.04 Å². The number of nitrogens with zero attached hydrogens (tertiary/aromatic N) is 1. The zero-order valence-corrected chi connectivity index (χ0v) is 10.7. The Bertz CT molecular complexity index is 293. The molecule has 0 radical (unpaired) electrons. The summed E-state index contributed by atoms with van der Waals surface area (Å²) in [5, 5.41) is 0. The summed E-state index contributed by atoms with van der Waals surface area (Å²) in [4.78, 5) is 25.0. The lowest BCUT2D eigenvalue weighted by atomic mass is 10.1. The van der Waals surface area contributed by atoms with Gasteiger partial charge in [-0.1, -0.05) is 39.2 Å². The number of isocyanates is 1. The van der Waals surface area contributed by atoms with Gasteiger partial charge < -0.3 is 4.74 Å². The second-order valence-corrected chi connectivity index (χ2v) is 4.10. The van der Waals surface area contributed by atoms with Crippen LogP contribution in [0.3, 0.4) is 0 Å². The first-order chi connectivity index (χ1) is 8.11. The van der Waals surface area contributed by atoms with Crippen molar-refractivity contribution in [1.29, 1.82) is 0 Å². The van der Waals surface area contributed by atoms with Gasteiger partial charge in [0.2, 0.25) is 6.08 Å². The fourth-order valence-corrected chi connectivity index (χ4v) is 1.36. The molecule has 0 aliphatic rings. The molecule has 0 amide bonds. The lowest BCUT2D eigenvalue weighted by molar-refractivity contribution is -0.139. The largest absolute Gasteiger partial charge is 0.460 e. The third-order valence-electron chi connectivity index (χ3n) is 2.38. The van der Waals surface area contributed by atoms with Crippen LogP contribution in [0.1, 0.15) is 46.0 Å². The molecule has 0 saturated heterocycles. The van der Waals surface area contributed by atoms with Crippen LogP contribution in [-0.4, -0.2) is 24.7 Å². The maximum absolute atomic E-state index is 11.2. The SMILES string of the molecule is C=C(C)C(=O)OCC(CCCCCC)N=C=O. The summed E-state index contributed by atoms with van der Waals surface area (Å²) in [6, 6.07) is -0.271. The number of rotatable bonds is 9. The van der Waals surface area contributed by atoms with E-state index >= 15 is 0 Å². The minimum atomic E-state index is -0.440. The van der Waals surface area contributed by atoms with E-state index in [1.807, 2.05) is 0 Å². The van der Waals surface area contributed by atoms with Crippen LogP contribution in [0.2, 0.25) is 0 Å². The molecule has 0 rings (SSSR count). The molecule has 0 aromatic heterocycles. The van der Waals surface area contributed by atoms with E-state index in [1.165, 1.54) is 12.5 Å². The summed E-state index contributed by atoms with van der Waals surface area (Å²) in [6.45, 7) is 7.33. The fraction of sp³-hybridized carbons (Fsp3) is 0.692. The van der Waals surface area contributed by atoms with Crippen molar-refractivity contribution < 1.29 is 14.3 Å². The summed E-state index contributed by atoms with van der Waals surface area (Å²) < 4.78 is 4.96. The first-order valence-electron chi connectivity index (χ1n) is 6.01. The highest BCUT2D eigenvalue weighted by Crippen LogP contribution is 2.09. The monoisotopic (exact) mass is 239 g/mol. The number of ether oxygens (including phenoxy) is 1. The minimum Gasteiger partial charge on any atom is -0.460 e. The summed E-state index contributed by atoms with van der Waals surface area (Å²) in [6.07, 6.45) is 6.69. The molecule has 1 atom stereocenters. The Morgan fingerprint density at radius 1 is 1.41 bits per heavy atom. The first kappa shape index (κ1) is 15.6. The molecule has 4 nitrogen and oxygen atoms in total. The highest BCUT2D eigenvalue weighted by molar-refractivity contribution is 5.86. The molecule has 96 valence electrons. The predicted octanol–water partition coefficient (Wildman–Crippen LogP) is 2.78. The van der Waals surface area contributed by atoms with E-state index in [0.29, 0.717) is 5.57 Å². The Labute approximate surface area is 103 Å². The Hall–Kier alpha value is -1.41. The Balaban J connectivity index is 3.94. The predicted molar refractivity (Wildman–Crippen MR) is 66.4 cm³/mol. The van der Waals surface area contributed by atoms with Gasteiger partial charge in [-0.2, -0.15) is 4.99 Å². The van der Waals surface area contributed by atoms with Crippen molar-refractivity contribution in [3.05, 3.63) is 12.2 Å². The summed E-state index contributed by atoms with van der Waals surface area (Å²) in [5.41, 5.74) is 0.352. The van der Waals surface area contributed by atoms with Gasteiger partial charge in [0, 0.05) is 5.57 Å². The average Bonchev–Trinajstić information content (AvgIpc) is 2.30. The smallest absolute Gasteiger partial charge is 0.333 e.